The van der Waals surface area contributed by atoms with Gasteiger partial charge in [0.15, 0.2) is 11.5 Å². The smallest absolute Gasteiger partial charge is 0.307 e. The average Bonchev–Trinajstić information content (AvgIpc) is 2.10. The van der Waals surface area contributed by atoms with Gasteiger partial charge in [-0.3, -0.25) is 4.79 Å². The lowest BCUT2D eigenvalue weighted by molar-refractivity contribution is -0.136. The van der Waals surface area contributed by atoms with Gasteiger partial charge in [-0.1, -0.05) is 12.6 Å². The van der Waals surface area contributed by atoms with E-state index in [2.05, 4.69) is 6.58 Å². The SMILES string of the molecule is C=C(Cc1ccc(O)c(O)c1)OC(C)=O. The number of ether oxygens (including phenoxy) is 1. The minimum Gasteiger partial charge on any atom is -0.504 e. The van der Waals surface area contributed by atoms with Crippen LogP contribution in [0.15, 0.2) is 30.5 Å². The van der Waals surface area contributed by atoms with Gasteiger partial charge < -0.3 is 14.9 Å². The minimum absolute atomic E-state index is 0.183. The van der Waals surface area contributed by atoms with E-state index in [4.69, 9.17) is 9.84 Å². The van der Waals surface area contributed by atoms with Gasteiger partial charge >= 0.3 is 5.97 Å². The Morgan fingerprint density at radius 1 is 1.40 bits per heavy atom. The van der Waals surface area contributed by atoms with Gasteiger partial charge in [0.25, 0.3) is 0 Å². The molecule has 0 saturated carbocycles. The maximum absolute atomic E-state index is 10.6. The Morgan fingerprint density at radius 3 is 2.60 bits per heavy atom. The third kappa shape index (κ3) is 3.34. The van der Waals surface area contributed by atoms with Crippen molar-refractivity contribution in [2.75, 3.05) is 0 Å². The summed E-state index contributed by atoms with van der Waals surface area (Å²) in [6, 6.07) is 4.37. The molecule has 4 nitrogen and oxygen atoms in total. The van der Waals surface area contributed by atoms with Gasteiger partial charge in [0.2, 0.25) is 0 Å². The highest BCUT2D eigenvalue weighted by atomic mass is 16.5. The molecular weight excluding hydrogens is 196 g/mol. The van der Waals surface area contributed by atoms with E-state index in [1.165, 1.54) is 19.1 Å². The number of esters is 1. The number of allylic oxidation sites excluding steroid dienone is 1. The van der Waals surface area contributed by atoms with Crippen LogP contribution in [0.4, 0.5) is 0 Å². The second-order valence-corrected chi connectivity index (χ2v) is 3.13. The zero-order valence-electron chi connectivity index (χ0n) is 8.36. The van der Waals surface area contributed by atoms with Crippen LogP contribution in [0.1, 0.15) is 12.5 Å². The van der Waals surface area contributed by atoms with Crippen LogP contribution < -0.4 is 0 Å². The van der Waals surface area contributed by atoms with Crippen molar-refractivity contribution in [2.24, 2.45) is 0 Å². The van der Waals surface area contributed by atoms with Crippen molar-refractivity contribution < 1.29 is 19.7 Å². The third-order valence-electron chi connectivity index (χ3n) is 1.73. The molecule has 1 aromatic carbocycles. The number of rotatable bonds is 3. The molecule has 0 fully saturated rings. The van der Waals surface area contributed by atoms with Crippen molar-refractivity contribution in [1.29, 1.82) is 0 Å². The van der Waals surface area contributed by atoms with E-state index in [0.717, 1.165) is 0 Å². The van der Waals surface area contributed by atoms with Crippen LogP contribution in [0.5, 0.6) is 11.5 Å². The summed E-state index contributed by atoms with van der Waals surface area (Å²) >= 11 is 0. The normalized spacial score (nSPS) is 9.67. The fourth-order valence-corrected chi connectivity index (χ4v) is 1.15. The molecule has 0 aliphatic rings. The number of hydrogen-bond acceptors (Lipinski definition) is 4. The fourth-order valence-electron chi connectivity index (χ4n) is 1.15. The topological polar surface area (TPSA) is 66.8 Å². The lowest BCUT2D eigenvalue weighted by Gasteiger charge is -2.06. The van der Waals surface area contributed by atoms with Crippen LogP contribution in [-0.4, -0.2) is 16.2 Å². The van der Waals surface area contributed by atoms with Crippen LogP contribution >= 0.6 is 0 Å². The standard InChI is InChI=1S/C11H12O4/c1-7(15-8(2)12)5-9-3-4-10(13)11(14)6-9/h3-4,6,13-14H,1,5H2,2H3. The van der Waals surface area contributed by atoms with Crippen LogP contribution in [0.2, 0.25) is 0 Å². The largest absolute Gasteiger partial charge is 0.504 e. The zero-order valence-corrected chi connectivity index (χ0v) is 8.36. The van der Waals surface area contributed by atoms with Crippen molar-refractivity contribution in [3.05, 3.63) is 36.1 Å². The highest BCUT2D eigenvalue weighted by Gasteiger charge is 2.04. The first-order valence-electron chi connectivity index (χ1n) is 4.36. The molecule has 0 atom stereocenters. The van der Waals surface area contributed by atoms with Crippen LogP contribution in [0.3, 0.4) is 0 Å². The summed E-state index contributed by atoms with van der Waals surface area (Å²) in [5.74, 6) is -0.518. The number of carbonyl (C=O) groups is 1. The summed E-state index contributed by atoms with van der Waals surface area (Å²) in [6.45, 7) is 4.85. The zero-order chi connectivity index (χ0) is 11.4. The summed E-state index contributed by atoms with van der Waals surface area (Å²) in [5.41, 5.74) is 0.705. The molecule has 0 aromatic heterocycles. The van der Waals surface area contributed by atoms with Gasteiger partial charge in [0.1, 0.15) is 5.76 Å². The van der Waals surface area contributed by atoms with Crippen molar-refractivity contribution in [3.8, 4) is 11.5 Å². The van der Waals surface area contributed by atoms with Gasteiger partial charge in [-0.25, -0.2) is 0 Å². The Kier molecular flexibility index (Phi) is 3.33. The van der Waals surface area contributed by atoms with E-state index < -0.39 is 5.97 Å². The second-order valence-electron chi connectivity index (χ2n) is 3.13. The Labute approximate surface area is 87.4 Å². The predicted octanol–water partition coefficient (Wildman–Crippen LogP) is 1.72. The van der Waals surface area contributed by atoms with Gasteiger partial charge in [-0.2, -0.15) is 0 Å². The maximum atomic E-state index is 10.6. The van der Waals surface area contributed by atoms with E-state index in [0.29, 0.717) is 17.7 Å². The Morgan fingerprint density at radius 2 is 2.07 bits per heavy atom. The maximum Gasteiger partial charge on any atom is 0.307 e. The van der Waals surface area contributed by atoms with Crippen LogP contribution in [0, 0.1) is 0 Å². The molecule has 15 heavy (non-hydrogen) atoms. The molecule has 80 valence electrons. The first-order valence-corrected chi connectivity index (χ1v) is 4.36. The second kappa shape index (κ2) is 4.50. The van der Waals surface area contributed by atoms with Gasteiger partial charge in [-0.15, -0.1) is 0 Å². The number of phenolic OH excluding ortho intramolecular Hbond substituents is 2. The fraction of sp³-hybridized carbons (Fsp3) is 0.182. The number of aromatic hydroxyl groups is 2. The van der Waals surface area contributed by atoms with Crippen molar-refractivity contribution in [1.82, 2.24) is 0 Å². The van der Waals surface area contributed by atoms with Gasteiger partial charge in [0, 0.05) is 13.3 Å². The molecule has 1 aromatic rings. The summed E-state index contributed by atoms with van der Waals surface area (Å²) in [6.07, 6.45) is 0.313. The molecule has 0 saturated heterocycles. The molecule has 0 heterocycles. The highest BCUT2D eigenvalue weighted by Crippen LogP contribution is 2.25. The Hall–Kier alpha value is -1.97. The molecule has 0 amide bonds. The average molecular weight is 208 g/mol. The Bertz CT molecular complexity index is 396. The quantitative estimate of drug-likeness (QED) is 0.451. The Balaban J connectivity index is 2.69. The predicted molar refractivity (Wildman–Crippen MR) is 54.4 cm³/mol. The molecule has 0 aliphatic heterocycles. The molecule has 0 radical (unpaired) electrons. The molecule has 1 rings (SSSR count). The molecule has 4 heteroatoms. The number of benzene rings is 1. The number of carbonyl (C=O) groups excluding carboxylic acids is 1. The molecular formula is C11H12O4. The summed E-state index contributed by atoms with van der Waals surface area (Å²) < 4.78 is 4.75. The van der Waals surface area contributed by atoms with E-state index in [1.54, 1.807) is 6.07 Å². The highest BCUT2D eigenvalue weighted by molar-refractivity contribution is 5.67. The van der Waals surface area contributed by atoms with E-state index in [9.17, 15) is 9.90 Å². The lowest BCUT2D eigenvalue weighted by Crippen LogP contribution is -2.00. The summed E-state index contributed by atoms with van der Waals surface area (Å²) in [5, 5.41) is 18.3. The van der Waals surface area contributed by atoms with Crippen LogP contribution in [-0.2, 0) is 16.0 Å². The molecule has 0 spiro atoms. The van der Waals surface area contributed by atoms with E-state index in [-0.39, 0.29) is 11.5 Å². The third-order valence-corrected chi connectivity index (χ3v) is 1.73. The van der Waals surface area contributed by atoms with Crippen molar-refractivity contribution >= 4 is 5.97 Å². The summed E-state index contributed by atoms with van der Waals surface area (Å²) in [7, 11) is 0. The first kappa shape index (κ1) is 11.1. The number of hydrogen-bond donors (Lipinski definition) is 2. The molecule has 2 N–H and O–H groups in total. The molecule has 0 aliphatic carbocycles. The van der Waals surface area contributed by atoms with Crippen molar-refractivity contribution in [2.45, 2.75) is 13.3 Å². The van der Waals surface area contributed by atoms with Crippen molar-refractivity contribution in [3.63, 3.8) is 0 Å². The molecule has 0 bridgehead atoms. The first-order chi connectivity index (χ1) is 6.99. The van der Waals surface area contributed by atoms with Gasteiger partial charge in [-0.05, 0) is 17.7 Å². The van der Waals surface area contributed by atoms with Gasteiger partial charge in [0.05, 0.1) is 0 Å². The minimum atomic E-state index is -0.428. The lowest BCUT2D eigenvalue weighted by atomic mass is 10.1. The van der Waals surface area contributed by atoms with E-state index >= 15 is 0 Å². The monoisotopic (exact) mass is 208 g/mol. The summed E-state index contributed by atoms with van der Waals surface area (Å²) in [4.78, 5) is 10.6. The number of phenols is 2. The van der Waals surface area contributed by atoms with E-state index in [1.807, 2.05) is 0 Å². The van der Waals surface area contributed by atoms with Crippen LogP contribution in [0.25, 0.3) is 0 Å². The molecule has 0 unspecified atom stereocenters.